The van der Waals surface area contributed by atoms with Gasteiger partial charge in [-0.2, -0.15) is 0 Å². The predicted octanol–water partition coefficient (Wildman–Crippen LogP) is 2.72. The average molecular weight is 335 g/mol. The van der Waals surface area contributed by atoms with E-state index in [1.165, 1.54) is 18.3 Å². The van der Waals surface area contributed by atoms with Gasteiger partial charge in [0.15, 0.2) is 0 Å². The Morgan fingerprint density at radius 2 is 2.04 bits per heavy atom. The first-order valence-corrected chi connectivity index (χ1v) is 8.00. The second kappa shape index (κ2) is 8.90. The summed E-state index contributed by atoms with van der Waals surface area (Å²) >= 11 is 0. The first kappa shape index (κ1) is 17.8. The Morgan fingerprint density at radius 1 is 1.33 bits per heavy atom. The van der Waals surface area contributed by atoms with Crippen molar-refractivity contribution in [3.8, 4) is 0 Å². The van der Waals surface area contributed by atoms with E-state index in [-0.39, 0.29) is 24.0 Å². The van der Waals surface area contributed by atoms with Gasteiger partial charge in [0, 0.05) is 30.9 Å². The number of likely N-dealkylation sites (tertiary alicyclic amines) is 1. The number of carbonyl (C=O) groups excluding carboxylic acids is 2. The van der Waals surface area contributed by atoms with Crippen LogP contribution in [0.3, 0.4) is 0 Å². The number of hydrogen-bond donors (Lipinski definition) is 2. The van der Waals surface area contributed by atoms with Crippen LogP contribution in [0.1, 0.15) is 25.3 Å². The Balaban J connectivity index is 1.72. The number of amides is 3. The molecule has 0 bridgehead atoms. The highest BCUT2D eigenvalue weighted by Gasteiger charge is 2.24. The average Bonchev–Trinajstić information content (AvgIpc) is 2.57. The smallest absolute Gasteiger partial charge is 0.409 e. The Bertz CT molecular complexity index is 598. The third-order valence-electron chi connectivity index (χ3n) is 3.74. The van der Waals surface area contributed by atoms with Gasteiger partial charge in [0.2, 0.25) is 0 Å². The van der Waals surface area contributed by atoms with Crippen LogP contribution in [0, 0.1) is 5.82 Å². The van der Waals surface area contributed by atoms with Gasteiger partial charge in [-0.15, -0.1) is 0 Å². The van der Waals surface area contributed by atoms with Crippen molar-refractivity contribution in [1.82, 2.24) is 15.5 Å². The van der Waals surface area contributed by atoms with E-state index in [2.05, 4.69) is 10.6 Å². The summed E-state index contributed by atoms with van der Waals surface area (Å²) in [6.07, 6.45) is 3.93. The molecule has 0 aliphatic carbocycles. The SMILES string of the molecule is CCOC(=O)N1CCC(NC(=O)N/C=C/c2ccccc2F)CC1. The molecule has 0 radical (unpaired) electrons. The summed E-state index contributed by atoms with van der Waals surface area (Å²) in [5.41, 5.74) is 0.403. The number of piperidine rings is 1. The van der Waals surface area contributed by atoms with E-state index in [9.17, 15) is 14.0 Å². The molecular weight excluding hydrogens is 313 g/mol. The van der Waals surface area contributed by atoms with Gasteiger partial charge in [0.05, 0.1) is 6.61 Å². The summed E-state index contributed by atoms with van der Waals surface area (Å²) in [4.78, 5) is 25.1. The Labute approximate surface area is 140 Å². The minimum Gasteiger partial charge on any atom is -0.450 e. The number of nitrogens with zero attached hydrogens (tertiary/aromatic N) is 1. The molecule has 7 heteroatoms. The van der Waals surface area contributed by atoms with Gasteiger partial charge in [-0.3, -0.25) is 0 Å². The van der Waals surface area contributed by atoms with Crippen molar-refractivity contribution in [3.05, 3.63) is 41.8 Å². The van der Waals surface area contributed by atoms with Gasteiger partial charge < -0.3 is 20.3 Å². The van der Waals surface area contributed by atoms with E-state index in [0.717, 1.165) is 0 Å². The van der Waals surface area contributed by atoms with Gasteiger partial charge in [-0.1, -0.05) is 18.2 Å². The molecule has 2 N–H and O–H groups in total. The maximum absolute atomic E-state index is 13.4. The molecule has 0 atom stereocenters. The second-order valence-electron chi connectivity index (χ2n) is 5.43. The molecule has 0 spiro atoms. The lowest BCUT2D eigenvalue weighted by molar-refractivity contribution is 0.0958. The van der Waals surface area contributed by atoms with Crippen LogP contribution in [0.15, 0.2) is 30.5 Å². The largest absolute Gasteiger partial charge is 0.450 e. The Kier molecular flexibility index (Phi) is 6.60. The van der Waals surface area contributed by atoms with E-state index in [1.54, 1.807) is 30.0 Å². The maximum Gasteiger partial charge on any atom is 0.409 e. The number of nitrogens with one attached hydrogen (secondary N) is 2. The van der Waals surface area contributed by atoms with Crippen LogP contribution >= 0.6 is 0 Å². The molecule has 1 aliphatic rings. The van der Waals surface area contributed by atoms with Crippen LogP contribution in [0.2, 0.25) is 0 Å². The third kappa shape index (κ3) is 5.26. The van der Waals surface area contributed by atoms with E-state index >= 15 is 0 Å². The fraction of sp³-hybridized carbons (Fsp3) is 0.412. The van der Waals surface area contributed by atoms with Crippen molar-refractivity contribution in [1.29, 1.82) is 0 Å². The lowest BCUT2D eigenvalue weighted by Gasteiger charge is -2.31. The topological polar surface area (TPSA) is 70.7 Å². The molecule has 3 amide bonds. The van der Waals surface area contributed by atoms with Crippen LogP contribution in [-0.4, -0.2) is 42.8 Å². The number of carbonyl (C=O) groups is 2. The summed E-state index contributed by atoms with van der Waals surface area (Å²) in [5.74, 6) is -0.345. The second-order valence-corrected chi connectivity index (χ2v) is 5.43. The molecule has 1 saturated heterocycles. The molecule has 1 heterocycles. The molecular formula is C17H22FN3O3. The highest BCUT2D eigenvalue weighted by molar-refractivity contribution is 5.76. The van der Waals surface area contributed by atoms with Crippen LogP contribution < -0.4 is 10.6 Å². The van der Waals surface area contributed by atoms with Gasteiger partial charge in [0.1, 0.15) is 5.82 Å². The van der Waals surface area contributed by atoms with Crippen LogP contribution in [0.25, 0.3) is 6.08 Å². The standard InChI is InChI=1S/C17H22FN3O3/c1-2-24-17(23)21-11-8-14(9-12-21)20-16(22)19-10-7-13-5-3-4-6-15(13)18/h3-7,10,14H,2,8-9,11-12H2,1H3,(H2,19,20,22)/b10-7+. The van der Waals surface area contributed by atoms with Crippen molar-refractivity contribution in [3.63, 3.8) is 0 Å². The van der Waals surface area contributed by atoms with E-state index in [1.807, 2.05) is 0 Å². The zero-order chi connectivity index (χ0) is 17.4. The minimum absolute atomic E-state index is 0.00228. The minimum atomic E-state index is -0.350. The van der Waals surface area contributed by atoms with Crippen LogP contribution in [0.5, 0.6) is 0 Å². The summed E-state index contributed by atoms with van der Waals surface area (Å²) in [7, 11) is 0. The Hall–Kier alpha value is -2.57. The lowest BCUT2D eigenvalue weighted by atomic mass is 10.1. The number of hydrogen-bond acceptors (Lipinski definition) is 3. The summed E-state index contributed by atoms with van der Waals surface area (Å²) < 4.78 is 18.4. The normalized spacial score (nSPS) is 15.3. The summed E-state index contributed by atoms with van der Waals surface area (Å²) in [6, 6.07) is 5.96. The van der Waals surface area contributed by atoms with E-state index in [0.29, 0.717) is 38.1 Å². The molecule has 2 rings (SSSR count). The first-order chi connectivity index (χ1) is 11.6. The number of rotatable bonds is 4. The van der Waals surface area contributed by atoms with E-state index < -0.39 is 0 Å². The molecule has 6 nitrogen and oxygen atoms in total. The molecule has 24 heavy (non-hydrogen) atoms. The van der Waals surface area contributed by atoms with Crippen molar-refractivity contribution < 1.29 is 18.7 Å². The van der Waals surface area contributed by atoms with Gasteiger partial charge >= 0.3 is 12.1 Å². The summed E-state index contributed by atoms with van der Waals surface area (Å²) in [6.45, 7) is 3.23. The van der Waals surface area contributed by atoms with Crippen LogP contribution in [0.4, 0.5) is 14.0 Å². The zero-order valence-corrected chi connectivity index (χ0v) is 13.6. The molecule has 1 aromatic rings. The van der Waals surface area contributed by atoms with Gasteiger partial charge in [-0.25, -0.2) is 14.0 Å². The monoisotopic (exact) mass is 335 g/mol. The molecule has 0 aromatic heterocycles. The fourth-order valence-corrected chi connectivity index (χ4v) is 2.47. The quantitative estimate of drug-likeness (QED) is 0.889. The third-order valence-corrected chi connectivity index (χ3v) is 3.74. The van der Waals surface area contributed by atoms with Gasteiger partial charge in [-0.05, 0) is 31.9 Å². The molecule has 0 unspecified atom stereocenters. The van der Waals surface area contributed by atoms with Crippen molar-refractivity contribution in [2.45, 2.75) is 25.8 Å². The molecule has 1 fully saturated rings. The predicted molar refractivity (Wildman–Crippen MR) is 88.7 cm³/mol. The zero-order valence-electron chi connectivity index (χ0n) is 13.6. The van der Waals surface area contributed by atoms with E-state index in [4.69, 9.17) is 4.74 Å². The number of ether oxygens (including phenoxy) is 1. The first-order valence-electron chi connectivity index (χ1n) is 8.00. The van der Waals surface area contributed by atoms with Crippen molar-refractivity contribution in [2.24, 2.45) is 0 Å². The lowest BCUT2D eigenvalue weighted by Crippen LogP contribution is -2.48. The fourth-order valence-electron chi connectivity index (χ4n) is 2.47. The van der Waals surface area contributed by atoms with Crippen molar-refractivity contribution >= 4 is 18.2 Å². The molecule has 0 saturated carbocycles. The number of urea groups is 1. The van der Waals surface area contributed by atoms with Gasteiger partial charge in [0.25, 0.3) is 0 Å². The highest BCUT2D eigenvalue weighted by atomic mass is 19.1. The molecule has 130 valence electrons. The molecule has 1 aliphatic heterocycles. The Morgan fingerprint density at radius 3 is 2.71 bits per heavy atom. The number of benzene rings is 1. The van der Waals surface area contributed by atoms with Crippen LogP contribution in [-0.2, 0) is 4.74 Å². The maximum atomic E-state index is 13.4. The highest BCUT2D eigenvalue weighted by Crippen LogP contribution is 2.11. The van der Waals surface area contributed by atoms with Crippen molar-refractivity contribution in [2.75, 3.05) is 19.7 Å². The summed E-state index contributed by atoms with van der Waals surface area (Å²) in [5, 5.41) is 5.39. The molecule has 1 aromatic carbocycles. The number of halogens is 1.